The van der Waals surface area contributed by atoms with E-state index in [9.17, 15) is 20.4 Å². The van der Waals surface area contributed by atoms with Crippen molar-refractivity contribution in [1.82, 2.24) is 19.6 Å². The number of ether oxygens (including phenoxy) is 4. The van der Waals surface area contributed by atoms with Crippen molar-refractivity contribution >= 4 is 0 Å². The highest BCUT2D eigenvalue weighted by Gasteiger charge is 2.39. The Morgan fingerprint density at radius 2 is 0.512 bits per heavy atom. The number of phenolic OH excluding ortho intramolecular Hbond substituents is 4. The highest BCUT2D eigenvalue weighted by atomic mass is 16.5. The fourth-order valence-corrected chi connectivity index (χ4v) is 13.0. The van der Waals surface area contributed by atoms with Crippen molar-refractivity contribution in [2.75, 3.05) is 26.9 Å². The summed E-state index contributed by atoms with van der Waals surface area (Å²) >= 11 is 0. The maximum atomic E-state index is 13.0. The van der Waals surface area contributed by atoms with Crippen LogP contribution in [-0.4, -0.2) is 66.9 Å². The van der Waals surface area contributed by atoms with E-state index in [-0.39, 0.29) is 23.0 Å². The highest BCUT2D eigenvalue weighted by molar-refractivity contribution is 5.68. The third-order valence-electron chi connectivity index (χ3n) is 17.4. The first-order valence-corrected chi connectivity index (χ1v) is 28.1. The number of hydrogen-bond acceptors (Lipinski definition) is 12. The molecule has 5 aliphatic rings. The molecule has 4 heterocycles. The summed E-state index contributed by atoms with van der Waals surface area (Å²) in [6.07, 6.45) is 0. The molecule has 8 aromatic rings. The summed E-state index contributed by atoms with van der Waals surface area (Å²) in [6.45, 7) is 13.7. The zero-order valence-electron chi connectivity index (χ0n) is 45.9. The van der Waals surface area contributed by atoms with Crippen LogP contribution in [0.4, 0.5) is 0 Å². The Morgan fingerprint density at radius 3 is 0.713 bits per heavy atom. The average molecular weight is 1070 g/mol. The summed E-state index contributed by atoms with van der Waals surface area (Å²) < 4.78 is 27.4. The van der Waals surface area contributed by atoms with E-state index in [1.165, 1.54) is 0 Å². The van der Waals surface area contributed by atoms with Gasteiger partial charge in [0, 0.05) is 121 Å². The van der Waals surface area contributed by atoms with Crippen LogP contribution < -0.4 is 18.9 Å². The van der Waals surface area contributed by atoms with Crippen molar-refractivity contribution in [2.24, 2.45) is 0 Å². The molecule has 0 unspecified atom stereocenters. The van der Waals surface area contributed by atoms with Crippen molar-refractivity contribution < 1.29 is 39.4 Å². The van der Waals surface area contributed by atoms with Gasteiger partial charge in [0.15, 0.2) is 0 Å². The number of nitrogens with zero attached hydrogens (tertiary/aromatic N) is 4. The Labute approximate surface area is 468 Å². The van der Waals surface area contributed by atoms with E-state index in [2.05, 4.69) is 120 Å². The largest absolute Gasteiger partial charge is 0.507 e. The van der Waals surface area contributed by atoms with Crippen LogP contribution in [0, 0.1) is 0 Å². The van der Waals surface area contributed by atoms with Gasteiger partial charge in [0.05, 0.1) is 22.3 Å². The minimum atomic E-state index is -0.468. The lowest BCUT2D eigenvalue weighted by molar-refractivity contribution is 0.0845. The van der Waals surface area contributed by atoms with Crippen molar-refractivity contribution in [1.29, 1.82) is 0 Å². The molecular formula is C68H68N4O8. The SMILES string of the molecule is C[C@@H]1c2cc(c3c(c2O)CN(Cc2ccccc2)CO3)[C@H](C)c2cc(c3c(c2O)CN(Cc2ccccc2)CO3)[C@H](C)c2cc(c3c(c2O)CN(Cc2ccccc2)CO3)[C@H](C)c2cc1c1c(c2O)CN(Cc2ccccc2)CO1. The standard InChI is InChI=1S/C68H68N4O8/c1-41-49-25-54(66-57(61(49)73)33-69(38-78-66)29-45-17-9-5-10-18-45)43(3)51-27-56(68-59(63(51)75)35-71(40-80-68)31-47-21-13-7-14-22-47)44(4)52-28-55(67-60(64(52)76)36-72(39-79-67)32-48-23-15-8-16-24-48)42(2)50-26-53(41)65-58(62(50)74)34-70(37-77-65)30-46-19-11-6-12-20-46/h5-28,41-44,73-76H,29-40H2,1-4H3/t41-,42-,43-,44-/m1/s1. The van der Waals surface area contributed by atoms with E-state index in [1.807, 2.05) is 72.8 Å². The molecule has 0 saturated heterocycles. The Bertz CT molecular complexity index is 3140. The smallest absolute Gasteiger partial charge is 0.142 e. The molecule has 13 rings (SSSR count). The molecule has 8 bridgehead atoms. The molecule has 4 N–H and O–H groups in total. The lowest BCUT2D eigenvalue weighted by atomic mass is 9.78. The highest BCUT2D eigenvalue weighted by Crippen LogP contribution is 2.56. The molecule has 4 aliphatic heterocycles. The van der Waals surface area contributed by atoms with Crippen LogP contribution in [0.3, 0.4) is 0 Å². The Hall–Kier alpha value is -8.00. The predicted octanol–water partition coefficient (Wildman–Crippen LogP) is 12.8. The summed E-state index contributed by atoms with van der Waals surface area (Å²) in [4.78, 5) is 8.77. The quantitative estimate of drug-likeness (QED) is 0.116. The molecule has 0 radical (unpaired) electrons. The van der Waals surface area contributed by atoms with Crippen LogP contribution in [0.5, 0.6) is 46.0 Å². The first-order chi connectivity index (χ1) is 38.9. The van der Waals surface area contributed by atoms with Gasteiger partial charge < -0.3 is 39.4 Å². The minimum absolute atomic E-state index is 0.139. The van der Waals surface area contributed by atoms with Crippen molar-refractivity contribution in [3.05, 3.63) is 235 Å². The van der Waals surface area contributed by atoms with Crippen LogP contribution in [-0.2, 0) is 52.4 Å². The summed E-state index contributed by atoms with van der Waals surface area (Å²) in [5.74, 6) is 1.06. The number of fused-ring (bicyclic) bond motifs is 16. The van der Waals surface area contributed by atoms with Gasteiger partial charge in [0.25, 0.3) is 0 Å². The van der Waals surface area contributed by atoms with E-state index in [0.717, 1.165) is 44.5 Å². The van der Waals surface area contributed by atoms with Gasteiger partial charge in [0.1, 0.15) is 72.9 Å². The second kappa shape index (κ2) is 21.2. The molecule has 0 fully saturated rings. The Morgan fingerprint density at radius 1 is 0.312 bits per heavy atom. The summed E-state index contributed by atoms with van der Waals surface area (Å²) in [5, 5.41) is 51.8. The normalized spacial score (nSPS) is 19.9. The van der Waals surface area contributed by atoms with Crippen LogP contribution >= 0.6 is 0 Å². The van der Waals surface area contributed by atoms with Gasteiger partial charge >= 0.3 is 0 Å². The first-order valence-electron chi connectivity index (χ1n) is 28.1. The number of benzene rings is 8. The zero-order chi connectivity index (χ0) is 54.8. The zero-order valence-corrected chi connectivity index (χ0v) is 45.9. The Kier molecular flexibility index (Phi) is 13.7. The lowest BCUT2D eigenvalue weighted by Crippen LogP contribution is -2.33. The number of aromatic hydroxyl groups is 4. The Balaban J connectivity index is 1.03. The van der Waals surface area contributed by atoms with Gasteiger partial charge in [-0.2, -0.15) is 0 Å². The molecular weight excluding hydrogens is 1000 g/mol. The van der Waals surface area contributed by atoms with Crippen molar-refractivity contribution in [3.63, 3.8) is 0 Å². The van der Waals surface area contributed by atoms with Gasteiger partial charge in [-0.1, -0.05) is 149 Å². The monoisotopic (exact) mass is 1070 g/mol. The van der Waals surface area contributed by atoms with Gasteiger partial charge in [-0.25, -0.2) is 0 Å². The van der Waals surface area contributed by atoms with Gasteiger partial charge in [-0.3, -0.25) is 19.6 Å². The lowest BCUT2D eigenvalue weighted by Gasteiger charge is -2.37. The molecule has 12 heteroatoms. The summed E-state index contributed by atoms with van der Waals surface area (Å²) in [5.41, 5.74) is 13.2. The second-order valence-corrected chi connectivity index (χ2v) is 22.7. The first kappa shape index (κ1) is 51.4. The van der Waals surface area contributed by atoms with Crippen molar-refractivity contribution in [3.8, 4) is 46.0 Å². The molecule has 12 nitrogen and oxygen atoms in total. The second-order valence-electron chi connectivity index (χ2n) is 22.7. The fraction of sp³-hybridized carbons (Fsp3) is 0.294. The third-order valence-corrected chi connectivity index (χ3v) is 17.4. The number of rotatable bonds is 8. The van der Waals surface area contributed by atoms with Gasteiger partial charge in [0.2, 0.25) is 0 Å². The molecule has 0 saturated carbocycles. The minimum Gasteiger partial charge on any atom is -0.507 e. The van der Waals surface area contributed by atoms with Crippen LogP contribution in [0.2, 0.25) is 0 Å². The molecule has 0 aromatic heterocycles. The topological polar surface area (TPSA) is 131 Å². The van der Waals surface area contributed by atoms with E-state index < -0.39 is 23.7 Å². The fourth-order valence-electron chi connectivity index (χ4n) is 13.0. The summed E-state index contributed by atoms with van der Waals surface area (Å²) in [6, 6.07) is 49.4. The molecule has 80 heavy (non-hydrogen) atoms. The van der Waals surface area contributed by atoms with E-state index in [4.69, 9.17) is 18.9 Å². The molecule has 8 aromatic carbocycles. The van der Waals surface area contributed by atoms with Gasteiger partial charge in [-0.05, 0) is 46.5 Å². The van der Waals surface area contributed by atoms with E-state index in [0.29, 0.717) is 147 Å². The summed E-state index contributed by atoms with van der Waals surface area (Å²) in [7, 11) is 0. The number of hydrogen-bond donors (Lipinski definition) is 4. The van der Waals surface area contributed by atoms with Gasteiger partial charge in [-0.15, -0.1) is 0 Å². The molecule has 1 aliphatic carbocycles. The third kappa shape index (κ3) is 9.43. The van der Waals surface area contributed by atoms with E-state index >= 15 is 0 Å². The maximum Gasteiger partial charge on any atom is 0.142 e. The molecule has 408 valence electrons. The molecule has 4 atom stereocenters. The van der Waals surface area contributed by atoms with Crippen LogP contribution in [0.25, 0.3) is 0 Å². The van der Waals surface area contributed by atoms with Crippen molar-refractivity contribution in [2.45, 2.75) is 104 Å². The number of phenols is 4. The molecule has 0 amide bonds. The van der Waals surface area contributed by atoms with Crippen LogP contribution in [0.15, 0.2) is 146 Å². The van der Waals surface area contributed by atoms with E-state index in [1.54, 1.807) is 0 Å². The maximum absolute atomic E-state index is 13.0. The van der Waals surface area contributed by atoms with Crippen LogP contribution in [0.1, 0.15) is 140 Å². The molecule has 0 spiro atoms. The average Bonchev–Trinajstić information content (AvgIpc) is 3.62. The predicted molar refractivity (Wildman–Crippen MR) is 307 cm³/mol.